The van der Waals surface area contributed by atoms with Crippen LogP contribution in [-0.2, 0) is 6.54 Å². The molecule has 0 unspecified atom stereocenters. The Morgan fingerprint density at radius 2 is 2.08 bits per heavy atom. The Kier molecular flexibility index (Phi) is 4.66. The molecule has 1 saturated carbocycles. The molecule has 1 aliphatic heterocycles. The molecule has 1 saturated heterocycles. The van der Waals surface area contributed by atoms with Gasteiger partial charge >= 0.3 is 0 Å². The first-order valence-corrected chi connectivity index (χ1v) is 8.97. The minimum absolute atomic E-state index is 0.531. The van der Waals surface area contributed by atoms with Crippen molar-refractivity contribution in [1.29, 1.82) is 5.26 Å². The van der Waals surface area contributed by atoms with E-state index >= 15 is 0 Å². The van der Waals surface area contributed by atoms with Gasteiger partial charge in [0.2, 0.25) is 5.88 Å². The Labute approximate surface area is 147 Å². The topological polar surface area (TPSA) is 75.2 Å². The molecule has 0 bridgehead atoms. The first-order chi connectivity index (χ1) is 12.3. The monoisotopic (exact) mass is 338 g/mol. The normalized spacial score (nSPS) is 18.8. The van der Waals surface area contributed by atoms with Gasteiger partial charge < -0.3 is 9.26 Å². The van der Waals surface area contributed by atoms with E-state index in [4.69, 9.17) is 14.5 Å². The number of pyridine rings is 1. The third-order valence-corrected chi connectivity index (χ3v) is 4.98. The van der Waals surface area contributed by atoms with Crippen molar-refractivity contribution in [3.8, 4) is 11.9 Å². The largest absolute Gasteiger partial charge is 0.477 e. The number of likely N-dealkylation sites (tertiary alicyclic amines) is 1. The van der Waals surface area contributed by atoms with E-state index in [1.54, 1.807) is 18.3 Å². The highest BCUT2D eigenvalue weighted by molar-refractivity contribution is 5.31. The molecule has 25 heavy (non-hydrogen) atoms. The van der Waals surface area contributed by atoms with Crippen LogP contribution in [0.3, 0.4) is 0 Å². The molecule has 0 radical (unpaired) electrons. The Morgan fingerprint density at radius 3 is 2.84 bits per heavy atom. The smallest absolute Gasteiger partial charge is 0.214 e. The summed E-state index contributed by atoms with van der Waals surface area (Å²) in [5.41, 5.74) is 1.63. The van der Waals surface area contributed by atoms with Gasteiger partial charge in [-0.15, -0.1) is 0 Å². The molecule has 6 heteroatoms. The SMILES string of the molecule is N#Cc1ccnc(OCC2CCN(Cc3cc(C4CC4)on3)CC2)c1. The Balaban J connectivity index is 1.21. The second-order valence-corrected chi connectivity index (χ2v) is 7.02. The van der Waals surface area contributed by atoms with E-state index in [0.717, 1.165) is 43.9 Å². The van der Waals surface area contributed by atoms with Crippen LogP contribution in [0.1, 0.15) is 48.6 Å². The van der Waals surface area contributed by atoms with E-state index in [9.17, 15) is 0 Å². The summed E-state index contributed by atoms with van der Waals surface area (Å²) < 4.78 is 11.2. The van der Waals surface area contributed by atoms with Gasteiger partial charge in [-0.1, -0.05) is 5.16 Å². The highest BCUT2D eigenvalue weighted by Crippen LogP contribution is 2.40. The second-order valence-electron chi connectivity index (χ2n) is 7.02. The van der Waals surface area contributed by atoms with Crippen molar-refractivity contribution in [2.24, 2.45) is 5.92 Å². The lowest BCUT2D eigenvalue weighted by molar-refractivity contribution is 0.132. The molecule has 2 aromatic heterocycles. The highest BCUT2D eigenvalue weighted by atomic mass is 16.5. The molecule has 2 fully saturated rings. The van der Waals surface area contributed by atoms with E-state index in [-0.39, 0.29) is 0 Å². The van der Waals surface area contributed by atoms with E-state index in [1.165, 1.54) is 12.8 Å². The maximum absolute atomic E-state index is 8.91. The number of nitriles is 1. The lowest BCUT2D eigenvalue weighted by atomic mass is 9.98. The summed E-state index contributed by atoms with van der Waals surface area (Å²) in [6.45, 7) is 3.62. The first kappa shape index (κ1) is 16.1. The number of hydrogen-bond donors (Lipinski definition) is 0. The van der Waals surface area contributed by atoms with Crippen molar-refractivity contribution < 1.29 is 9.26 Å². The van der Waals surface area contributed by atoms with Gasteiger partial charge in [0.05, 0.1) is 23.9 Å². The molecule has 0 spiro atoms. The number of nitrogens with zero attached hydrogens (tertiary/aromatic N) is 4. The van der Waals surface area contributed by atoms with Gasteiger partial charge in [0.15, 0.2) is 0 Å². The summed E-state index contributed by atoms with van der Waals surface area (Å²) in [6.07, 6.45) is 6.30. The van der Waals surface area contributed by atoms with Crippen molar-refractivity contribution in [1.82, 2.24) is 15.0 Å². The molecule has 2 aromatic rings. The third kappa shape index (κ3) is 4.18. The van der Waals surface area contributed by atoms with Gasteiger partial charge in [0, 0.05) is 30.8 Å². The van der Waals surface area contributed by atoms with Crippen LogP contribution in [-0.4, -0.2) is 34.7 Å². The van der Waals surface area contributed by atoms with Crippen LogP contribution >= 0.6 is 0 Å². The Morgan fingerprint density at radius 1 is 1.24 bits per heavy atom. The average molecular weight is 338 g/mol. The van der Waals surface area contributed by atoms with E-state index in [2.05, 4.69) is 27.2 Å². The molecule has 0 aromatic carbocycles. The van der Waals surface area contributed by atoms with Crippen LogP contribution in [0.25, 0.3) is 0 Å². The lowest BCUT2D eigenvalue weighted by Crippen LogP contribution is -2.35. The Bertz CT molecular complexity index is 755. The predicted molar refractivity (Wildman–Crippen MR) is 90.9 cm³/mol. The number of hydrogen-bond acceptors (Lipinski definition) is 6. The van der Waals surface area contributed by atoms with Crippen LogP contribution in [0.15, 0.2) is 28.9 Å². The zero-order valence-electron chi connectivity index (χ0n) is 14.2. The van der Waals surface area contributed by atoms with Crippen molar-refractivity contribution in [3.63, 3.8) is 0 Å². The van der Waals surface area contributed by atoms with Crippen LogP contribution in [0.5, 0.6) is 5.88 Å². The molecular weight excluding hydrogens is 316 g/mol. The molecule has 2 aliphatic rings. The molecule has 0 N–H and O–H groups in total. The zero-order chi connectivity index (χ0) is 17.1. The van der Waals surface area contributed by atoms with Gasteiger partial charge in [-0.2, -0.15) is 5.26 Å². The summed E-state index contributed by atoms with van der Waals surface area (Å²) in [4.78, 5) is 6.59. The molecule has 6 nitrogen and oxygen atoms in total. The number of ether oxygens (including phenoxy) is 1. The first-order valence-electron chi connectivity index (χ1n) is 8.97. The molecule has 0 atom stereocenters. The number of piperidine rings is 1. The number of aromatic nitrogens is 2. The van der Waals surface area contributed by atoms with Gasteiger partial charge in [0.25, 0.3) is 0 Å². The predicted octanol–water partition coefficient (Wildman–Crippen LogP) is 3.11. The summed E-state index contributed by atoms with van der Waals surface area (Å²) in [5.74, 6) is 2.75. The van der Waals surface area contributed by atoms with Crippen LogP contribution in [0, 0.1) is 17.2 Å². The van der Waals surface area contributed by atoms with E-state index < -0.39 is 0 Å². The van der Waals surface area contributed by atoms with Gasteiger partial charge in [-0.3, -0.25) is 4.90 Å². The summed E-state index contributed by atoms with van der Waals surface area (Å²) in [5, 5.41) is 13.1. The minimum Gasteiger partial charge on any atom is -0.477 e. The average Bonchev–Trinajstić information content (AvgIpc) is 3.41. The fourth-order valence-corrected chi connectivity index (χ4v) is 3.26. The molecule has 3 heterocycles. The van der Waals surface area contributed by atoms with Crippen LogP contribution < -0.4 is 4.74 Å². The standard InChI is InChI=1S/C19H22N4O2/c20-11-15-3-6-21-19(9-15)24-13-14-4-7-23(8-5-14)12-17-10-18(25-22-17)16-1-2-16/h3,6,9-10,14,16H,1-2,4-5,7-8,12-13H2. The maximum Gasteiger partial charge on any atom is 0.214 e. The molecular formula is C19H22N4O2. The van der Waals surface area contributed by atoms with E-state index in [1.807, 2.05) is 0 Å². The molecule has 0 amide bonds. The molecule has 1 aliphatic carbocycles. The fraction of sp³-hybridized carbons (Fsp3) is 0.526. The second kappa shape index (κ2) is 7.24. The minimum atomic E-state index is 0.531. The van der Waals surface area contributed by atoms with Gasteiger partial charge in [-0.25, -0.2) is 4.98 Å². The number of rotatable bonds is 6. The zero-order valence-corrected chi connectivity index (χ0v) is 14.2. The molecule has 4 rings (SSSR count). The van der Waals surface area contributed by atoms with Crippen LogP contribution in [0.2, 0.25) is 0 Å². The fourth-order valence-electron chi connectivity index (χ4n) is 3.26. The lowest BCUT2D eigenvalue weighted by Gasteiger charge is -2.31. The summed E-state index contributed by atoms with van der Waals surface area (Å²) in [7, 11) is 0. The summed E-state index contributed by atoms with van der Waals surface area (Å²) in [6, 6.07) is 7.61. The van der Waals surface area contributed by atoms with Crippen molar-refractivity contribution >= 4 is 0 Å². The maximum atomic E-state index is 8.91. The van der Waals surface area contributed by atoms with Crippen molar-refractivity contribution in [2.45, 2.75) is 38.1 Å². The van der Waals surface area contributed by atoms with Gasteiger partial charge in [0.1, 0.15) is 5.76 Å². The van der Waals surface area contributed by atoms with E-state index in [0.29, 0.717) is 29.9 Å². The van der Waals surface area contributed by atoms with Crippen molar-refractivity contribution in [3.05, 3.63) is 41.4 Å². The van der Waals surface area contributed by atoms with Crippen LogP contribution in [0.4, 0.5) is 0 Å². The molecule has 130 valence electrons. The Hall–Kier alpha value is -2.39. The quantitative estimate of drug-likeness (QED) is 0.805. The summed E-state index contributed by atoms with van der Waals surface area (Å²) >= 11 is 0. The highest BCUT2D eigenvalue weighted by Gasteiger charge is 2.28. The van der Waals surface area contributed by atoms with Gasteiger partial charge in [-0.05, 0) is 50.8 Å². The third-order valence-electron chi connectivity index (χ3n) is 4.98. The van der Waals surface area contributed by atoms with Crippen molar-refractivity contribution in [2.75, 3.05) is 19.7 Å².